The molecule has 3 rings (SSSR count). The minimum absolute atomic E-state index is 0.0222. The lowest BCUT2D eigenvalue weighted by Crippen LogP contribution is -2.37. The molecule has 142 valence electrons. The van der Waals surface area contributed by atoms with E-state index in [2.05, 4.69) is 4.99 Å². The second kappa shape index (κ2) is 8.66. The monoisotopic (exact) mass is 370 g/mol. The van der Waals surface area contributed by atoms with Crippen LogP contribution in [0.15, 0.2) is 47.5 Å². The Labute approximate surface area is 158 Å². The third-order valence-electron chi connectivity index (χ3n) is 4.58. The SMILES string of the molecule is COc1ccc(N(CC(=O)c2ccc(OC)cc2F)C2=NCCCC2)cc1. The molecule has 2 aromatic rings. The molecule has 5 nitrogen and oxygen atoms in total. The highest BCUT2D eigenvalue weighted by molar-refractivity contribution is 6.07. The topological polar surface area (TPSA) is 51.1 Å². The number of methoxy groups -OCH3 is 2. The summed E-state index contributed by atoms with van der Waals surface area (Å²) in [5.41, 5.74) is 0.879. The Morgan fingerprint density at radius 3 is 2.37 bits per heavy atom. The molecule has 1 heterocycles. The van der Waals surface area contributed by atoms with Crippen molar-refractivity contribution >= 4 is 17.3 Å². The fourth-order valence-corrected chi connectivity index (χ4v) is 3.07. The zero-order valence-electron chi connectivity index (χ0n) is 15.6. The van der Waals surface area contributed by atoms with Crippen molar-refractivity contribution in [2.75, 3.05) is 32.2 Å². The number of carbonyl (C=O) groups is 1. The van der Waals surface area contributed by atoms with Gasteiger partial charge in [0.1, 0.15) is 23.2 Å². The van der Waals surface area contributed by atoms with E-state index in [-0.39, 0.29) is 17.9 Å². The van der Waals surface area contributed by atoms with Gasteiger partial charge in [-0.1, -0.05) is 0 Å². The predicted molar refractivity (Wildman–Crippen MR) is 104 cm³/mol. The first-order chi connectivity index (χ1) is 13.1. The summed E-state index contributed by atoms with van der Waals surface area (Å²) in [5, 5.41) is 0. The fourth-order valence-electron chi connectivity index (χ4n) is 3.07. The lowest BCUT2D eigenvalue weighted by atomic mass is 10.1. The second-order valence-corrected chi connectivity index (χ2v) is 6.31. The van der Waals surface area contributed by atoms with E-state index >= 15 is 0 Å². The zero-order valence-corrected chi connectivity index (χ0v) is 15.6. The molecule has 0 bridgehead atoms. The van der Waals surface area contributed by atoms with Gasteiger partial charge in [0.25, 0.3) is 0 Å². The summed E-state index contributed by atoms with van der Waals surface area (Å²) in [6.07, 6.45) is 2.86. The summed E-state index contributed by atoms with van der Waals surface area (Å²) in [5.74, 6) is 1.08. The summed E-state index contributed by atoms with van der Waals surface area (Å²) in [6, 6.07) is 11.7. The normalized spacial score (nSPS) is 13.7. The number of carbonyl (C=O) groups excluding carboxylic acids is 1. The van der Waals surface area contributed by atoms with Gasteiger partial charge in [-0.15, -0.1) is 0 Å². The molecule has 2 aromatic carbocycles. The Morgan fingerprint density at radius 2 is 1.78 bits per heavy atom. The number of benzene rings is 2. The highest BCUT2D eigenvalue weighted by Crippen LogP contribution is 2.24. The number of ether oxygens (including phenoxy) is 2. The maximum absolute atomic E-state index is 14.3. The Kier molecular flexibility index (Phi) is 6.06. The van der Waals surface area contributed by atoms with Crippen molar-refractivity contribution in [3.8, 4) is 11.5 Å². The summed E-state index contributed by atoms with van der Waals surface area (Å²) in [7, 11) is 3.07. The van der Waals surface area contributed by atoms with Crippen molar-refractivity contribution in [3.63, 3.8) is 0 Å². The van der Waals surface area contributed by atoms with Gasteiger partial charge < -0.3 is 14.4 Å². The summed E-state index contributed by atoms with van der Waals surface area (Å²) in [6.45, 7) is 0.765. The van der Waals surface area contributed by atoms with Crippen LogP contribution in [-0.2, 0) is 0 Å². The average Bonchev–Trinajstić information content (AvgIpc) is 2.72. The minimum Gasteiger partial charge on any atom is -0.497 e. The molecule has 27 heavy (non-hydrogen) atoms. The quantitative estimate of drug-likeness (QED) is 0.718. The van der Waals surface area contributed by atoms with Crippen LogP contribution in [0.4, 0.5) is 10.1 Å². The van der Waals surface area contributed by atoms with Crippen LogP contribution in [0.1, 0.15) is 29.6 Å². The number of ketones is 1. The van der Waals surface area contributed by atoms with E-state index < -0.39 is 5.82 Å². The molecule has 6 heteroatoms. The van der Waals surface area contributed by atoms with E-state index in [1.165, 1.54) is 19.2 Å². The number of hydrogen-bond donors (Lipinski definition) is 0. The summed E-state index contributed by atoms with van der Waals surface area (Å²) in [4.78, 5) is 19.3. The Bertz CT molecular complexity index is 834. The first kappa shape index (κ1) is 18.9. The largest absolute Gasteiger partial charge is 0.497 e. The van der Waals surface area contributed by atoms with Gasteiger partial charge in [-0.05, 0) is 49.2 Å². The molecular weight excluding hydrogens is 347 g/mol. The van der Waals surface area contributed by atoms with Crippen LogP contribution in [0.5, 0.6) is 11.5 Å². The van der Waals surface area contributed by atoms with Gasteiger partial charge in [-0.25, -0.2) is 4.39 Å². The molecule has 0 aromatic heterocycles. The van der Waals surface area contributed by atoms with Crippen LogP contribution < -0.4 is 14.4 Å². The van der Waals surface area contributed by atoms with Crippen LogP contribution in [0.2, 0.25) is 0 Å². The predicted octanol–water partition coefficient (Wildman–Crippen LogP) is 4.11. The molecule has 0 saturated carbocycles. The van der Waals surface area contributed by atoms with Gasteiger partial charge in [0, 0.05) is 24.7 Å². The van der Waals surface area contributed by atoms with Crippen LogP contribution in [0.3, 0.4) is 0 Å². The number of hydrogen-bond acceptors (Lipinski definition) is 5. The molecule has 0 aliphatic carbocycles. The van der Waals surface area contributed by atoms with Crippen molar-refractivity contribution in [2.24, 2.45) is 4.99 Å². The number of aliphatic imine (C=N–C) groups is 1. The third kappa shape index (κ3) is 4.45. The van der Waals surface area contributed by atoms with E-state index in [0.29, 0.717) is 5.75 Å². The third-order valence-corrected chi connectivity index (χ3v) is 4.58. The van der Waals surface area contributed by atoms with Gasteiger partial charge in [0.2, 0.25) is 0 Å². The molecule has 0 spiro atoms. The zero-order chi connectivity index (χ0) is 19.2. The molecule has 0 atom stereocenters. The van der Waals surface area contributed by atoms with Gasteiger partial charge >= 0.3 is 0 Å². The number of Topliss-reactive ketones (excluding diaryl/α,β-unsaturated/α-hetero) is 1. The van der Waals surface area contributed by atoms with Gasteiger partial charge in [-0.3, -0.25) is 9.79 Å². The molecule has 0 saturated heterocycles. The molecule has 0 amide bonds. The van der Waals surface area contributed by atoms with Crippen LogP contribution in [-0.4, -0.2) is 38.9 Å². The summed E-state index contributed by atoms with van der Waals surface area (Å²) >= 11 is 0. The van der Waals surface area contributed by atoms with Crippen molar-refractivity contribution in [1.82, 2.24) is 0 Å². The molecule has 0 radical (unpaired) electrons. The molecule has 0 fully saturated rings. The van der Waals surface area contributed by atoms with E-state index in [4.69, 9.17) is 9.47 Å². The minimum atomic E-state index is -0.584. The number of rotatable bonds is 6. The fraction of sp³-hybridized carbons (Fsp3) is 0.333. The van der Waals surface area contributed by atoms with E-state index in [9.17, 15) is 9.18 Å². The average molecular weight is 370 g/mol. The van der Waals surface area contributed by atoms with E-state index in [1.54, 1.807) is 13.2 Å². The lowest BCUT2D eigenvalue weighted by molar-refractivity contribution is 0.0998. The summed E-state index contributed by atoms with van der Waals surface area (Å²) < 4.78 is 24.5. The van der Waals surface area contributed by atoms with Crippen molar-refractivity contribution < 1.29 is 18.7 Å². The molecule has 1 aliphatic heterocycles. The molecule has 1 aliphatic rings. The Hall–Kier alpha value is -2.89. The van der Waals surface area contributed by atoms with E-state index in [1.807, 2.05) is 29.2 Å². The highest BCUT2D eigenvalue weighted by atomic mass is 19.1. The molecule has 0 unspecified atom stereocenters. The molecular formula is C21H23FN2O3. The Morgan fingerprint density at radius 1 is 1.07 bits per heavy atom. The van der Waals surface area contributed by atoms with Crippen molar-refractivity contribution in [3.05, 3.63) is 53.8 Å². The van der Waals surface area contributed by atoms with Crippen LogP contribution in [0.25, 0.3) is 0 Å². The van der Waals surface area contributed by atoms with Crippen molar-refractivity contribution in [1.29, 1.82) is 0 Å². The maximum atomic E-state index is 14.3. The smallest absolute Gasteiger partial charge is 0.185 e. The number of nitrogens with zero attached hydrogens (tertiary/aromatic N) is 2. The van der Waals surface area contributed by atoms with E-state index in [0.717, 1.165) is 43.1 Å². The first-order valence-electron chi connectivity index (χ1n) is 8.94. The highest BCUT2D eigenvalue weighted by Gasteiger charge is 2.22. The Balaban J connectivity index is 1.88. The van der Waals surface area contributed by atoms with Gasteiger partial charge in [-0.2, -0.15) is 0 Å². The maximum Gasteiger partial charge on any atom is 0.185 e. The second-order valence-electron chi connectivity index (χ2n) is 6.31. The van der Waals surface area contributed by atoms with Crippen LogP contribution in [0, 0.1) is 5.82 Å². The molecule has 0 N–H and O–H groups in total. The standard InChI is InChI=1S/C21H23FN2O3/c1-26-16-8-6-15(7-9-16)24(21-5-3-4-12-23-21)14-20(25)18-11-10-17(27-2)13-19(18)22/h6-11,13H,3-5,12,14H2,1-2H3. The number of halogens is 1. The van der Waals surface area contributed by atoms with Gasteiger partial charge in [0.15, 0.2) is 5.78 Å². The van der Waals surface area contributed by atoms with Gasteiger partial charge in [0.05, 0.1) is 26.3 Å². The number of anilines is 1. The van der Waals surface area contributed by atoms with Crippen LogP contribution >= 0.6 is 0 Å². The number of amidine groups is 1. The lowest BCUT2D eigenvalue weighted by Gasteiger charge is -2.28. The van der Waals surface area contributed by atoms with Crippen molar-refractivity contribution in [2.45, 2.75) is 19.3 Å². The first-order valence-corrected chi connectivity index (χ1v) is 8.94.